The standard InChI is InChI=1S/C26H21F4N5O/c1-25(10-3-2-4-11-25)23(32)17-8-9-19(27)20(13-17)33-24(36)21-14-22(26(28,29)30)34-35(21)18-7-5-6-16(12-18)15-31/h2-10,12-14,23H,11,32H2,1H3,(H,33,36). The number of nitriles is 1. The van der Waals surface area contributed by atoms with E-state index in [2.05, 4.69) is 10.4 Å². The van der Waals surface area contributed by atoms with E-state index in [9.17, 15) is 22.4 Å². The number of alkyl halides is 3. The van der Waals surface area contributed by atoms with Crippen LogP contribution in [0.25, 0.3) is 5.69 Å². The van der Waals surface area contributed by atoms with Crippen LogP contribution >= 0.6 is 0 Å². The van der Waals surface area contributed by atoms with E-state index in [-0.39, 0.29) is 16.9 Å². The van der Waals surface area contributed by atoms with Crippen molar-refractivity contribution in [2.24, 2.45) is 11.1 Å². The fraction of sp³-hybridized carbons (Fsp3) is 0.192. The minimum Gasteiger partial charge on any atom is -0.323 e. The molecule has 0 bridgehead atoms. The van der Waals surface area contributed by atoms with Crippen LogP contribution in [0.5, 0.6) is 0 Å². The number of nitrogens with zero attached hydrogens (tertiary/aromatic N) is 3. The lowest BCUT2D eigenvalue weighted by atomic mass is 9.74. The molecule has 0 aliphatic heterocycles. The molecule has 0 radical (unpaired) electrons. The Balaban J connectivity index is 1.70. The number of benzene rings is 2. The summed E-state index contributed by atoms with van der Waals surface area (Å²) >= 11 is 0. The van der Waals surface area contributed by atoms with Crippen LogP contribution in [0, 0.1) is 22.6 Å². The van der Waals surface area contributed by atoms with E-state index in [0.717, 1.165) is 10.7 Å². The first-order valence-corrected chi connectivity index (χ1v) is 10.9. The number of anilines is 1. The number of hydrogen-bond donors (Lipinski definition) is 2. The highest BCUT2D eigenvalue weighted by Crippen LogP contribution is 2.39. The Morgan fingerprint density at radius 3 is 2.67 bits per heavy atom. The van der Waals surface area contributed by atoms with Gasteiger partial charge in [0.05, 0.1) is 23.0 Å². The number of halogens is 4. The van der Waals surface area contributed by atoms with Crippen molar-refractivity contribution in [3.05, 3.63) is 101 Å². The van der Waals surface area contributed by atoms with E-state index >= 15 is 0 Å². The average Bonchev–Trinajstić information content (AvgIpc) is 3.32. The molecule has 0 spiro atoms. The third kappa shape index (κ3) is 4.92. The molecule has 0 saturated carbocycles. The Morgan fingerprint density at radius 2 is 2.00 bits per heavy atom. The SMILES string of the molecule is CC1(C(N)c2ccc(F)c(NC(=O)c3cc(C(F)(F)F)nn3-c3cccc(C#N)c3)c2)C=CC=CC1. The van der Waals surface area contributed by atoms with Crippen LogP contribution in [0.15, 0.2) is 72.8 Å². The first-order valence-electron chi connectivity index (χ1n) is 10.9. The van der Waals surface area contributed by atoms with Crippen molar-refractivity contribution in [3.63, 3.8) is 0 Å². The molecule has 2 atom stereocenters. The lowest BCUT2D eigenvalue weighted by Gasteiger charge is -2.33. The number of amides is 1. The van der Waals surface area contributed by atoms with Gasteiger partial charge in [0.2, 0.25) is 0 Å². The molecule has 0 fully saturated rings. The van der Waals surface area contributed by atoms with Crippen LogP contribution < -0.4 is 11.1 Å². The number of carbonyl (C=O) groups is 1. The van der Waals surface area contributed by atoms with Crippen LogP contribution in [-0.4, -0.2) is 15.7 Å². The summed E-state index contributed by atoms with van der Waals surface area (Å²) in [6.07, 6.45) is 3.51. The second kappa shape index (κ2) is 9.43. The number of hydrogen-bond acceptors (Lipinski definition) is 4. The third-order valence-corrected chi connectivity index (χ3v) is 6.04. The van der Waals surface area contributed by atoms with E-state index in [1.54, 1.807) is 0 Å². The molecule has 1 heterocycles. The summed E-state index contributed by atoms with van der Waals surface area (Å²) < 4.78 is 55.6. The highest BCUT2D eigenvalue weighted by Gasteiger charge is 2.36. The second-order valence-corrected chi connectivity index (χ2v) is 8.65. The molecule has 1 aliphatic carbocycles. The van der Waals surface area contributed by atoms with Gasteiger partial charge in [-0.2, -0.15) is 23.5 Å². The zero-order valence-corrected chi connectivity index (χ0v) is 19.1. The zero-order chi connectivity index (χ0) is 26.1. The highest BCUT2D eigenvalue weighted by atomic mass is 19.4. The van der Waals surface area contributed by atoms with Gasteiger partial charge in [0, 0.05) is 17.5 Å². The molecular formula is C26H21F4N5O. The van der Waals surface area contributed by atoms with E-state index in [0.29, 0.717) is 18.1 Å². The average molecular weight is 495 g/mol. The predicted molar refractivity (Wildman–Crippen MR) is 126 cm³/mol. The number of rotatable bonds is 5. The number of allylic oxidation sites excluding steroid dienone is 3. The molecule has 36 heavy (non-hydrogen) atoms. The second-order valence-electron chi connectivity index (χ2n) is 8.65. The number of nitrogens with one attached hydrogen (secondary N) is 1. The first-order chi connectivity index (χ1) is 17.0. The molecule has 2 unspecified atom stereocenters. The maximum absolute atomic E-state index is 14.6. The van der Waals surface area contributed by atoms with E-state index in [4.69, 9.17) is 11.0 Å². The highest BCUT2D eigenvalue weighted by molar-refractivity contribution is 6.03. The minimum atomic E-state index is -4.83. The molecule has 4 rings (SSSR count). The van der Waals surface area contributed by atoms with Crippen molar-refractivity contribution in [1.82, 2.24) is 9.78 Å². The van der Waals surface area contributed by atoms with Crippen molar-refractivity contribution >= 4 is 11.6 Å². The van der Waals surface area contributed by atoms with Gasteiger partial charge in [0.15, 0.2) is 5.69 Å². The van der Waals surface area contributed by atoms with E-state index in [1.807, 2.05) is 37.3 Å². The molecule has 184 valence electrons. The van der Waals surface area contributed by atoms with Crippen LogP contribution in [0.3, 0.4) is 0 Å². The first kappa shape index (κ1) is 24.9. The van der Waals surface area contributed by atoms with Gasteiger partial charge in [-0.1, -0.05) is 43.4 Å². The molecule has 6 nitrogen and oxygen atoms in total. The van der Waals surface area contributed by atoms with Gasteiger partial charge in [0.25, 0.3) is 5.91 Å². The van der Waals surface area contributed by atoms with Gasteiger partial charge in [0.1, 0.15) is 11.5 Å². The van der Waals surface area contributed by atoms with Gasteiger partial charge >= 0.3 is 6.18 Å². The molecular weight excluding hydrogens is 474 g/mol. The molecule has 2 aromatic carbocycles. The Morgan fingerprint density at radius 1 is 1.22 bits per heavy atom. The van der Waals surface area contributed by atoms with E-state index in [1.165, 1.54) is 36.4 Å². The smallest absolute Gasteiger partial charge is 0.323 e. The summed E-state index contributed by atoms with van der Waals surface area (Å²) in [6, 6.07) is 11.5. The number of carbonyl (C=O) groups excluding carboxylic acids is 1. The molecule has 10 heteroatoms. The van der Waals surface area contributed by atoms with Gasteiger partial charge in [-0.15, -0.1) is 0 Å². The maximum Gasteiger partial charge on any atom is 0.435 e. The van der Waals surface area contributed by atoms with Gasteiger partial charge in [-0.05, 0) is 42.3 Å². The Labute approximate surface area is 204 Å². The summed E-state index contributed by atoms with van der Waals surface area (Å²) in [5.74, 6) is -1.80. The summed E-state index contributed by atoms with van der Waals surface area (Å²) in [6.45, 7) is 1.95. The molecule has 3 N–H and O–H groups in total. The number of aromatic nitrogens is 2. The van der Waals surface area contributed by atoms with Gasteiger partial charge in [-0.25, -0.2) is 9.07 Å². The molecule has 1 aliphatic rings. The Kier molecular flexibility index (Phi) is 6.52. The van der Waals surface area contributed by atoms with Crippen LogP contribution in [0.4, 0.5) is 23.2 Å². The molecule has 1 amide bonds. The van der Waals surface area contributed by atoms with Crippen LogP contribution in [-0.2, 0) is 6.18 Å². The third-order valence-electron chi connectivity index (χ3n) is 6.04. The fourth-order valence-electron chi connectivity index (χ4n) is 3.96. The maximum atomic E-state index is 14.6. The summed E-state index contributed by atoms with van der Waals surface area (Å²) in [7, 11) is 0. The zero-order valence-electron chi connectivity index (χ0n) is 19.1. The quantitative estimate of drug-likeness (QED) is 0.446. The molecule has 1 aromatic heterocycles. The minimum absolute atomic E-state index is 0.0658. The monoisotopic (exact) mass is 495 g/mol. The lowest BCUT2D eigenvalue weighted by Crippen LogP contribution is -2.30. The van der Waals surface area contributed by atoms with Crippen LogP contribution in [0.1, 0.15) is 46.7 Å². The Hall–Kier alpha value is -4.23. The van der Waals surface area contributed by atoms with Crippen molar-refractivity contribution in [2.45, 2.75) is 25.6 Å². The largest absolute Gasteiger partial charge is 0.435 e. The lowest BCUT2D eigenvalue weighted by molar-refractivity contribution is -0.141. The van der Waals surface area contributed by atoms with Crippen molar-refractivity contribution in [3.8, 4) is 11.8 Å². The summed E-state index contributed by atoms with van der Waals surface area (Å²) in [5, 5.41) is 15.0. The normalized spacial score (nSPS) is 18.0. The van der Waals surface area contributed by atoms with Crippen LogP contribution in [0.2, 0.25) is 0 Å². The molecule has 0 saturated heterocycles. The van der Waals surface area contributed by atoms with Crippen molar-refractivity contribution in [2.75, 3.05) is 5.32 Å². The van der Waals surface area contributed by atoms with Gasteiger partial charge < -0.3 is 11.1 Å². The topological polar surface area (TPSA) is 96.7 Å². The van der Waals surface area contributed by atoms with Gasteiger partial charge in [-0.3, -0.25) is 4.79 Å². The van der Waals surface area contributed by atoms with Crippen molar-refractivity contribution in [1.29, 1.82) is 5.26 Å². The Bertz CT molecular complexity index is 1420. The van der Waals surface area contributed by atoms with E-state index < -0.39 is 40.7 Å². The molecule has 3 aromatic rings. The predicted octanol–water partition coefficient (Wildman–Crippen LogP) is 5.68. The summed E-state index contributed by atoms with van der Waals surface area (Å²) in [5.41, 5.74) is 4.75. The fourth-order valence-corrected chi connectivity index (χ4v) is 3.96. The number of nitrogens with two attached hydrogens (primary N) is 1. The van der Waals surface area contributed by atoms with Crippen molar-refractivity contribution < 1.29 is 22.4 Å². The summed E-state index contributed by atoms with van der Waals surface area (Å²) in [4.78, 5) is 13.1.